The van der Waals surface area contributed by atoms with Crippen molar-refractivity contribution in [1.82, 2.24) is 20.0 Å². The number of likely N-dealkylation sites (tertiary alicyclic amines) is 1. The average molecular weight is 342 g/mol. The van der Waals surface area contributed by atoms with E-state index in [4.69, 9.17) is 4.52 Å². The molecule has 1 aliphatic rings. The van der Waals surface area contributed by atoms with Gasteiger partial charge in [0.2, 0.25) is 5.91 Å². The maximum absolute atomic E-state index is 12.3. The molecule has 25 heavy (non-hydrogen) atoms. The molecule has 1 amide bonds. The minimum atomic E-state index is 0.290. The van der Waals surface area contributed by atoms with Crippen LogP contribution < -0.4 is 0 Å². The molecule has 0 spiro atoms. The molecule has 0 bridgehead atoms. The molecule has 2 aromatic heterocycles. The third kappa shape index (κ3) is 4.87. The van der Waals surface area contributed by atoms with Crippen LogP contribution in [0.15, 0.2) is 29.0 Å². The van der Waals surface area contributed by atoms with Crippen LogP contribution in [0, 0.1) is 11.8 Å². The third-order valence-electron chi connectivity index (χ3n) is 4.61. The molecule has 6 nitrogen and oxygen atoms in total. The zero-order valence-electron chi connectivity index (χ0n) is 15.0. The molecule has 3 heterocycles. The van der Waals surface area contributed by atoms with Gasteiger partial charge in [-0.3, -0.25) is 9.78 Å². The van der Waals surface area contributed by atoms with Gasteiger partial charge < -0.3 is 9.42 Å². The Balaban J connectivity index is 1.52. The molecule has 0 saturated carbocycles. The number of carbonyl (C=O) groups excluding carboxylic acids is 1. The lowest BCUT2D eigenvalue weighted by Crippen LogP contribution is -2.40. The lowest BCUT2D eigenvalue weighted by atomic mass is 9.92. The Morgan fingerprint density at radius 2 is 2.32 bits per heavy atom. The number of aromatic nitrogens is 3. The van der Waals surface area contributed by atoms with E-state index in [9.17, 15) is 4.79 Å². The molecule has 1 aliphatic heterocycles. The summed E-state index contributed by atoms with van der Waals surface area (Å²) in [5.41, 5.74) is 0.837. The molecule has 1 fully saturated rings. The summed E-state index contributed by atoms with van der Waals surface area (Å²) in [6, 6.07) is 3.76. The number of hydrogen-bond acceptors (Lipinski definition) is 5. The first-order valence-corrected chi connectivity index (χ1v) is 9.12. The molecule has 134 valence electrons. The van der Waals surface area contributed by atoms with Crippen molar-refractivity contribution in [3.63, 3.8) is 0 Å². The Morgan fingerprint density at radius 1 is 1.44 bits per heavy atom. The highest BCUT2D eigenvalue weighted by Gasteiger charge is 2.24. The molecule has 2 aromatic rings. The minimum absolute atomic E-state index is 0.290. The van der Waals surface area contributed by atoms with Gasteiger partial charge in [-0.1, -0.05) is 19.0 Å². The van der Waals surface area contributed by atoms with Gasteiger partial charge in [-0.05, 0) is 43.2 Å². The highest BCUT2D eigenvalue weighted by Crippen LogP contribution is 2.23. The van der Waals surface area contributed by atoms with Crippen molar-refractivity contribution in [2.24, 2.45) is 11.8 Å². The van der Waals surface area contributed by atoms with Gasteiger partial charge in [0.25, 0.3) is 5.89 Å². The lowest BCUT2D eigenvalue weighted by molar-refractivity contribution is -0.133. The molecule has 6 heteroatoms. The summed E-state index contributed by atoms with van der Waals surface area (Å²) in [5.74, 6) is 2.46. The fourth-order valence-corrected chi connectivity index (χ4v) is 3.30. The number of pyridine rings is 1. The maximum Gasteiger partial charge on any atom is 0.259 e. The van der Waals surface area contributed by atoms with E-state index in [1.165, 1.54) is 6.42 Å². The van der Waals surface area contributed by atoms with Gasteiger partial charge in [0.05, 0.1) is 5.56 Å². The largest absolute Gasteiger partial charge is 0.342 e. The SMILES string of the molecule is CC(C)CC(=O)N1CCCC(CCc2noc(-c3cccnc3)n2)C1. The number of rotatable bonds is 6. The van der Waals surface area contributed by atoms with Crippen molar-refractivity contribution >= 4 is 5.91 Å². The summed E-state index contributed by atoms with van der Waals surface area (Å²) in [6.45, 7) is 5.94. The van der Waals surface area contributed by atoms with E-state index in [0.717, 1.165) is 43.7 Å². The van der Waals surface area contributed by atoms with Crippen LogP contribution in [0.5, 0.6) is 0 Å². The van der Waals surface area contributed by atoms with Crippen LogP contribution in [0.1, 0.15) is 45.4 Å². The summed E-state index contributed by atoms with van der Waals surface area (Å²) in [4.78, 5) is 22.8. The zero-order chi connectivity index (χ0) is 17.6. The summed E-state index contributed by atoms with van der Waals surface area (Å²) >= 11 is 0. The zero-order valence-corrected chi connectivity index (χ0v) is 15.0. The quantitative estimate of drug-likeness (QED) is 0.805. The second-order valence-electron chi connectivity index (χ2n) is 7.24. The van der Waals surface area contributed by atoms with Crippen LogP contribution in [0.25, 0.3) is 11.5 Å². The van der Waals surface area contributed by atoms with Crippen molar-refractivity contribution in [3.8, 4) is 11.5 Å². The average Bonchev–Trinajstić information content (AvgIpc) is 3.09. The first-order valence-electron chi connectivity index (χ1n) is 9.12. The number of piperidine rings is 1. The molecule has 1 saturated heterocycles. The molecule has 0 radical (unpaired) electrons. The Hall–Kier alpha value is -2.24. The van der Waals surface area contributed by atoms with Gasteiger partial charge >= 0.3 is 0 Å². The van der Waals surface area contributed by atoms with Crippen molar-refractivity contribution in [3.05, 3.63) is 30.4 Å². The van der Waals surface area contributed by atoms with Crippen molar-refractivity contribution in [2.45, 2.75) is 46.0 Å². The van der Waals surface area contributed by atoms with Gasteiger partial charge in [0, 0.05) is 38.3 Å². The predicted molar refractivity (Wildman–Crippen MR) is 94.6 cm³/mol. The van der Waals surface area contributed by atoms with Gasteiger partial charge in [-0.2, -0.15) is 4.98 Å². The summed E-state index contributed by atoms with van der Waals surface area (Å²) < 4.78 is 5.33. The first kappa shape index (κ1) is 17.6. The number of carbonyl (C=O) groups is 1. The highest BCUT2D eigenvalue weighted by molar-refractivity contribution is 5.76. The van der Waals surface area contributed by atoms with E-state index < -0.39 is 0 Å². The van der Waals surface area contributed by atoms with Crippen LogP contribution in [0.3, 0.4) is 0 Å². The van der Waals surface area contributed by atoms with Crippen LogP contribution in [-0.4, -0.2) is 39.0 Å². The maximum atomic E-state index is 12.3. The first-order chi connectivity index (χ1) is 12.1. The van der Waals surface area contributed by atoms with E-state index in [-0.39, 0.29) is 5.91 Å². The van der Waals surface area contributed by atoms with Crippen molar-refractivity contribution < 1.29 is 9.32 Å². The van der Waals surface area contributed by atoms with Gasteiger partial charge in [-0.25, -0.2) is 0 Å². The smallest absolute Gasteiger partial charge is 0.259 e. The van der Waals surface area contributed by atoms with Gasteiger partial charge in [-0.15, -0.1) is 0 Å². The number of amides is 1. The minimum Gasteiger partial charge on any atom is -0.342 e. The fourth-order valence-electron chi connectivity index (χ4n) is 3.30. The third-order valence-corrected chi connectivity index (χ3v) is 4.61. The Morgan fingerprint density at radius 3 is 3.08 bits per heavy atom. The molecule has 1 atom stereocenters. The van der Waals surface area contributed by atoms with Gasteiger partial charge in [0.1, 0.15) is 0 Å². The van der Waals surface area contributed by atoms with E-state index in [1.807, 2.05) is 17.0 Å². The van der Waals surface area contributed by atoms with Crippen LogP contribution in [-0.2, 0) is 11.2 Å². The monoisotopic (exact) mass is 342 g/mol. The molecular formula is C19H26N4O2. The van der Waals surface area contributed by atoms with E-state index in [2.05, 4.69) is 29.0 Å². The lowest BCUT2D eigenvalue weighted by Gasteiger charge is -2.33. The highest BCUT2D eigenvalue weighted by atomic mass is 16.5. The number of nitrogens with zero attached hydrogens (tertiary/aromatic N) is 4. The second kappa shape index (κ2) is 8.23. The Kier molecular flexibility index (Phi) is 5.79. The van der Waals surface area contributed by atoms with Crippen molar-refractivity contribution in [2.75, 3.05) is 13.1 Å². The molecule has 0 N–H and O–H groups in total. The molecule has 1 unspecified atom stereocenters. The van der Waals surface area contributed by atoms with Crippen LogP contribution >= 0.6 is 0 Å². The molecule has 0 aromatic carbocycles. The Bertz CT molecular complexity index is 684. The second-order valence-corrected chi connectivity index (χ2v) is 7.24. The van der Waals surface area contributed by atoms with E-state index >= 15 is 0 Å². The molecule has 3 rings (SSSR count). The summed E-state index contributed by atoms with van der Waals surface area (Å²) in [7, 11) is 0. The predicted octanol–water partition coefficient (Wildman–Crippen LogP) is 3.35. The molecular weight excluding hydrogens is 316 g/mol. The van der Waals surface area contributed by atoms with E-state index in [1.54, 1.807) is 12.4 Å². The fraction of sp³-hybridized carbons (Fsp3) is 0.579. The van der Waals surface area contributed by atoms with Crippen LogP contribution in [0.4, 0.5) is 0 Å². The van der Waals surface area contributed by atoms with Crippen molar-refractivity contribution in [1.29, 1.82) is 0 Å². The number of aryl methyl sites for hydroxylation is 1. The molecule has 0 aliphatic carbocycles. The topological polar surface area (TPSA) is 72.1 Å². The Labute approximate surface area is 148 Å². The standard InChI is InChI=1S/C19H26N4O2/c1-14(2)11-18(24)23-10-4-5-15(13-23)7-8-17-21-19(25-22-17)16-6-3-9-20-12-16/h3,6,9,12,14-15H,4-5,7-8,10-11,13H2,1-2H3. The van der Waals surface area contributed by atoms with Gasteiger partial charge in [0.15, 0.2) is 5.82 Å². The number of hydrogen-bond donors (Lipinski definition) is 0. The van der Waals surface area contributed by atoms with E-state index in [0.29, 0.717) is 24.1 Å². The summed E-state index contributed by atoms with van der Waals surface area (Å²) in [6.07, 6.45) is 8.09. The van der Waals surface area contributed by atoms with Crippen LogP contribution in [0.2, 0.25) is 0 Å². The normalized spacial score (nSPS) is 17.9. The summed E-state index contributed by atoms with van der Waals surface area (Å²) in [5, 5.41) is 4.08.